The number of benzene rings is 3. The molecule has 0 spiro atoms. The highest BCUT2D eigenvalue weighted by Crippen LogP contribution is 2.27. The van der Waals surface area contributed by atoms with Crippen molar-refractivity contribution in [2.24, 2.45) is 0 Å². The first-order valence-electron chi connectivity index (χ1n) is 10.1. The van der Waals surface area contributed by atoms with Crippen molar-refractivity contribution >= 4 is 39.1 Å². The molecule has 2 atom stereocenters. The predicted molar refractivity (Wildman–Crippen MR) is 130 cm³/mol. The van der Waals surface area contributed by atoms with Crippen LogP contribution in [0.2, 0.25) is 10.0 Å². The second-order valence-corrected chi connectivity index (χ2v) is 10.00. The molecule has 0 aromatic heterocycles. The lowest BCUT2D eigenvalue weighted by Crippen LogP contribution is -2.48. The Kier molecular flexibility index (Phi) is 8.37. The number of hydrogen-bond acceptors (Lipinski definition) is 4. The third kappa shape index (κ3) is 6.71. The van der Waals surface area contributed by atoms with Crippen LogP contribution in [0.15, 0.2) is 77.7 Å². The van der Waals surface area contributed by atoms with Crippen molar-refractivity contribution in [1.82, 2.24) is 10.0 Å². The molecule has 0 heterocycles. The van der Waals surface area contributed by atoms with Crippen LogP contribution in [-0.4, -0.2) is 27.5 Å². The van der Waals surface area contributed by atoms with Crippen LogP contribution in [0.4, 0.5) is 0 Å². The van der Waals surface area contributed by atoms with E-state index in [0.29, 0.717) is 5.02 Å². The standard InChI is InChI=1S/C24H24Cl2N2O4S/c1-16(18-8-10-19(25)11-9-18)27-24(29)21(14-17-6-4-3-5-7-17)28-33(30,31)23-15-20(26)12-13-22(23)32-2/h3-13,15-16,21,28H,14H2,1-2H3,(H,27,29)/t16-,21-/m0/s1. The highest BCUT2D eigenvalue weighted by atomic mass is 35.5. The quantitative estimate of drug-likeness (QED) is 0.437. The van der Waals surface area contributed by atoms with Gasteiger partial charge in [0, 0.05) is 10.0 Å². The molecule has 0 unspecified atom stereocenters. The van der Waals surface area contributed by atoms with Crippen LogP contribution in [-0.2, 0) is 21.2 Å². The molecule has 0 saturated carbocycles. The molecule has 174 valence electrons. The Morgan fingerprint density at radius 1 is 0.970 bits per heavy atom. The second kappa shape index (κ2) is 11.0. The van der Waals surface area contributed by atoms with Crippen LogP contribution >= 0.6 is 23.2 Å². The van der Waals surface area contributed by atoms with Crippen molar-refractivity contribution in [3.05, 3.63) is 94.0 Å². The normalized spacial score (nSPS) is 13.2. The fourth-order valence-electron chi connectivity index (χ4n) is 3.30. The zero-order chi connectivity index (χ0) is 24.0. The van der Waals surface area contributed by atoms with Gasteiger partial charge in [0.1, 0.15) is 16.7 Å². The van der Waals surface area contributed by atoms with Gasteiger partial charge >= 0.3 is 0 Å². The smallest absolute Gasteiger partial charge is 0.245 e. The molecular weight excluding hydrogens is 483 g/mol. The van der Waals surface area contributed by atoms with Crippen LogP contribution in [0.5, 0.6) is 5.75 Å². The van der Waals surface area contributed by atoms with E-state index in [4.69, 9.17) is 27.9 Å². The number of carbonyl (C=O) groups is 1. The van der Waals surface area contributed by atoms with Gasteiger partial charge in [0.15, 0.2) is 0 Å². The Balaban J connectivity index is 1.88. The minimum atomic E-state index is -4.13. The number of hydrogen-bond donors (Lipinski definition) is 2. The van der Waals surface area contributed by atoms with Crippen molar-refractivity contribution in [2.75, 3.05) is 7.11 Å². The molecule has 0 aliphatic rings. The summed E-state index contributed by atoms with van der Waals surface area (Å²) in [7, 11) is -2.77. The number of nitrogens with one attached hydrogen (secondary N) is 2. The topological polar surface area (TPSA) is 84.5 Å². The molecule has 3 rings (SSSR count). The lowest BCUT2D eigenvalue weighted by molar-refractivity contribution is -0.123. The third-order valence-electron chi connectivity index (χ3n) is 5.04. The molecule has 0 fully saturated rings. The van der Waals surface area contributed by atoms with E-state index in [1.165, 1.54) is 25.3 Å². The Labute approximate surface area is 203 Å². The van der Waals surface area contributed by atoms with E-state index >= 15 is 0 Å². The van der Waals surface area contributed by atoms with E-state index in [0.717, 1.165) is 11.1 Å². The molecule has 1 amide bonds. The summed E-state index contributed by atoms with van der Waals surface area (Å²) in [5, 5.41) is 3.70. The zero-order valence-electron chi connectivity index (χ0n) is 18.1. The number of rotatable bonds is 9. The number of amides is 1. The molecule has 0 aliphatic heterocycles. The minimum absolute atomic E-state index is 0.125. The summed E-state index contributed by atoms with van der Waals surface area (Å²) in [4.78, 5) is 13.1. The summed E-state index contributed by atoms with van der Waals surface area (Å²) >= 11 is 12.0. The van der Waals surface area contributed by atoms with Gasteiger partial charge in [-0.1, -0.05) is 65.7 Å². The SMILES string of the molecule is COc1ccc(Cl)cc1S(=O)(=O)N[C@@H](Cc1ccccc1)C(=O)N[C@@H](C)c1ccc(Cl)cc1. The van der Waals surface area contributed by atoms with Gasteiger partial charge in [-0.25, -0.2) is 8.42 Å². The lowest BCUT2D eigenvalue weighted by Gasteiger charge is -2.22. The summed E-state index contributed by atoms with van der Waals surface area (Å²) in [5.41, 5.74) is 1.64. The molecule has 0 aliphatic carbocycles. The van der Waals surface area contributed by atoms with Gasteiger partial charge in [-0.15, -0.1) is 0 Å². The van der Waals surface area contributed by atoms with E-state index in [2.05, 4.69) is 10.0 Å². The Morgan fingerprint density at radius 3 is 2.24 bits per heavy atom. The van der Waals surface area contributed by atoms with Gasteiger partial charge in [0.25, 0.3) is 0 Å². The Morgan fingerprint density at radius 2 is 1.61 bits per heavy atom. The van der Waals surface area contributed by atoms with Crippen molar-refractivity contribution < 1.29 is 17.9 Å². The molecule has 33 heavy (non-hydrogen) atoms. The first kappa shape index (κ1) is 25.1. The highest BCUT2D eigenvalue weighted by Gasteiger charge is 2.29. The van der Waals surface area contributed by atoms with Gasteiger partial charge < -0.3 is 10.1 Å². The number of carbonyl (C=O) groups excluding carboxylic acids is 1. The molecule has 2 N–H and O–H groups in total. The zero-order valence-corrected chi connectivity index (χ0v) is 20.4. The van der Waals surface area contributed by atoms with Gasteiger partial charge in [0.05, 0.1) is 13.2 Å². The second-order valence-electron chi connectivity index (χ2n) is 7.44. The molecule has 0 saturated heterocycles. The Hall–Kier alpha value is -2.58. The van der Waals surface area contributed by atoms with E-state index in [1.807, 2.05) is 37.3 Å². The highest BCUT2D eigenvalue weighted by molar-refractivity contribution is 7.89. The first-order chi connectivity index (χ1) is 15.7. The lowest BCUT2D eigenvalue weighted by atomic mass is 10.0. The molecule has 3 aromatic rings. The van der Waals surface area contributed by atoms with E-state index in [1.54, 1.807) is 24.3 Å². The molecular formula is C24H24Cl2N2O4S. The molecule has 0 bridgehead atoms. The summed E-state index contributed by atoms with van der Waals surface area (Å²) in [6.45, 7) is 1.81. The van der Waals surface area contributed by atoms with Crippen LogP contribution in [0.3, 0.4) is 0 Å². The number of halogens is 2. The number of sulfonamides is 1. The first-order valence-corrected chi connectivity index (χ1v) is 12.4. The number of ether oxygens (including phenoxy) is 1. The maximum atomic E-state index is 13.2. The Bertz CT molecular complexity index is 1200. The summed E-state index contributed by atoms with van der Waals surface area (Å²) in [6.07, 6.45) is 0.155. The predicted octanol–water partition coefficient (Wildman–Crippen LogP) is 4.77. The van der Waals surface area contributed by atoms with Crippen molar-refractivity contribution in [1.29, 1.82) is 0 Å². The maximum Gasteiger partial charge on any atom is 0.245 e. The fourth-order valence-corrected chi connectivity index (χ4v) is 5.05. The molecule has 0 radical (unpaired) electrons. The maximum absolute atomic E-state index is 13.2. The summed E-state index contributed by atoms with van der Waals surface area (Å²) in [5.74, 6) is -0.342. The van der Waals surface area contributed by atoms with Crippen molar-refractivity contribution in [2.45, 2.75) is 30.3 Å². The van der Waals surface area contributed by atoms with Gasteiger partial charge in [-0.3, -0.25) is 4.79 Å². The van der Waals surface area contributed by atoms with Crippen molar-refractivity contribution in [3.8, 4) is 5.75 Å². The van der Waals surface area contributed by atoms with Crippen molar-refractivity contribution in [3.63, 3.8) is 0 Å². The van der Waals surface area contributed by atoms with Gasteiger partial charge in [-0.2, -0.15) is 4.72 Å². The molecule has 6 nitrogen and oxygen atoms in total. The average Bonchev–Trinajstić information content (AvgIpc) is 2.79. The van der Waals surface area contributed by atoms with Gasteiger partial charge in [0.2, 0.25) is 15.9 Å². The summed E-state index contributed by atoms with van der Waals surface area (Å²) < 4.78 is 34.2. The van der Waals surface area contributed by atoms with E-state index in [-0.39, 0.29) is 28.1 Å². The van der Waals surface area contributed by atoms with E-state index in [9.17, 15) is 13.2 Å². The monoisotopic (exact) mass is 506 g/mol. The summed E-state index contributed by atoms with van der Waals surface area (Å²) in [6, 6.07) is 19.1. The van der Waals surface area contributed by atoms with Crippen LogP contribution in [0.25, 0.3) is 0 Å². The fraction of sp³-hybridized carbons (Fsp3) is 0.208. The van der Waals surface area contributed by atoms with Crippen LogP contribution < -0.4 is 14.8 Å². The van der Waals surface area contributed by atoms with E-state index < -0.39 is 22.0 Å². The van der Waals surface area contributed by atoms with Crippen LogP contribution in [0, 0.1) is 0 Å². The minimum Gasteiger partial charge on any atom is -0.495 e. The van der Waals surface area contributed by atoms with Crippen LogP contribution in [0.1, 0.15) is 24.1 Å². The third-order valence-corrected chi connectivity index (χ3v) is 7.02. The largest absolute Gasteiger partial charge is 0.495 e. The van der Waals surface area contributed by atoms with Gasteiger partial charge in [-0.05, 0) is 54.8 Å². The average molecular weight is 507 g/mol. The molecule has 9 heteroatoms. The molecule has 3 aromatic carbocycles. The number of methoxy groups -OCH3 is 1.